The van der Waals surface area contributed by atoms with E-state index >= 15 is 0 Å². The lowest BCUT2D eigenvalue weighted by molar-refractivity contribution is -0.275. The van der Waals surface area contributed by atoms with E-state index in [-0.39, 0.29) is 42.4 Å². The molecule has 0 aromatic heterocycles. The minimum absolute atomic E-state index is 0. The monoisotopic (exact) mass is 401 g/mol. The van der Waals surface area contributed by atoms with Crippen LogP contribution in [0.4, 0.5) is 26.3 Å². The zero-order chi connectivity index (χ0) is 18.7. The topological polar surface area (TPSA) is 44.5 Å². The van der Waals surface area contributed by atoms with Crippen molar-refractivity contribution in [3.63, 3.8) is 0 Å². The van der Waals surface area contributed by atoms with Gasteiger partial charge in [0.05, 0.1) is 5.56 Å². The van der Waals surface area contributed by atoms with E-state index in [2.05, 4.69) is 4.74 Å². The van der Waals surface area contributed by atoms with Crippen LogP contribution >= 0.6 is 12.4 Å². The average molecular weight is 402 g/mol. The van der Waals surface area contributed by atoms with E-state index in [0.717, 1.165) is 24.3 Å². The first-order valence-electron chi connectivity index (χ1n) is 7.01. The third-order valence-corrected chi connectivity index (χ3v) is 3.09. The third kappa shape index (κ3) is 5.70. The van der Waals surface area contributed by atoms with Gasteiger partial charge in [0, 0.05) is 6.54 Å². The lowest BCUT2D eigenvalue weighted by atomic mass is 9.99. The Morgan fingerprint density at radius 1 is 0.885 bits per heavy atom. The SMILES string of the molecule is Cl.NCCOc1ccc(-c2ccccc2C(F)(F)F)cc1OC(F)(F)F. The van der Waals surface area contributed by atoms with Crippen molar-refractivity contribution in [3.8, 4) is 22.6 Å². The number of alkyl halides is 6. The molecule has 3 nitrogen and oxygen atoms in total. The highest BCUT2D eigenvalue weighted by molar-refractivity contribution is 5.85. The van der Waals surface area contributed by atoms with E-state index < -0.39 is 23.9 Å². The van der Waals surface area contributed by atoms with Crippen molar-refractivity contribution >= 4 is 12.4 Å². The minimum atomic E-state index is -5.02. The summed E-state index contributed by atoms with van der Waals surface area (Å²) in [6, 6.07) is 7.74. The number of halogens is 7. The van der Waals surface area contributed by atoms with Crippen LogP contribution in [-0.4, -0.2) is 19.5 Å². The van der Waals surface area contributed by atoms with Gasteiger partial charge in [0.1, 0.15) is 6.61 Å². The molecule has 0 atom stereocenters. The molecule has 2 rings (SSSR count). The second-order valence-electron chi connectivity index (χ2n) is 4.89. The van der Waals surface area contributed by atoms with E-state index in [1.54, 1.807) is 0 Å². The van der Waals surface area contributed by atoms with Crippen molar-refractivity contribution in [3.05, 3.63) is 48.0 Å². The van der Waals surface area contributed by atoms with Gasteiger partial charge in [0.25, 0.3) is 0 Å². The van der Waals surface area contributed by atoms with Crippen LogP contribution in [0.1, 0.15) is 5.56 Å². The summed E-state index contributed by atoms with van der Waals surface area (Å²) in [7, 11) is 0. The largest absolute Gasteiger partial charge is 0.573 e. The van der Waals surface area contributed by atoms with Gasteiger partial charge in [-0.05, 0) is 29.3 Å². The molecule has 0 heterocycles. The van der Waals surface area contributed by atoms with Crippen LogP contribution in [0.5, 0.6) is 11.5 Å². The Bertz CT molecular complexity index is 733. The van der Waals surface area contributed by atoms with Gasteiger partial charge in [-0.2, -0.15) is 13.2 Å². The molecule has 2 aromatic rings. The van der Waals surface area contributed by atoms with Crippen molar-refractivity contribution in [1.82, 2.24) is 0 Å². The highest BCUT2D eigenvalue weighted by Crippen LogP contribution is 2.40. The Morgan fingerprint density at radius 3 is 2.12 bits per heavy atom. The maximum atomic E-state index is 13.1. The summed E-state index contributed by atoms with van der Waals surface area (Å²) in [6.45, 7) is -0.0309. The summed E-state index contributed by atoms with van der Waals surface area (Å²) in [4.78, 5) is 0. The quantitative estimate of drug-likeness (QED) is 0.715. The Kier molecular flexibility index (Phi) is 7.16. The van der Waals surface area contributed by atoms with Gasteiger partial charge in [0.15, 0.2) is 11.5 Å². The zero-order valence-electron chi connectivity index (χ0n) is 13.0. The summed E-state index contributed by atoms with van der Waals surface area (Å²) in [6.07, 6.45) is -9.68. The molecule has 144 valence electrons. The number of ether oxygens (including phenoxy) is 2. The van der Waals surface area contributed by atoms with Crippen LogP contribution in [0.2, 0.25) is 0 Å². The number of benzene rings is 2. The first-order valence-corrected chi connectivity index (χ1v) is 7.01. The molecule has 0 aliphatic heterocycles. The summed E-state index contributed by atoms with van der Waals surface area (Å²) in [5, 5.41) is 0. The Balaban J connectivity index is 0.00000338. The highest BCUT2D eigenvalue weighted by atomic mass is 35.5. The first kappa shape index (κ1) is 21.9. The highest BCUT2D eigenvalue weighted by Gasteiger charge is 2.35. The van der Waals surface area contributed by atoms with Crippen LogP contribution in [-0.2, 0) is 6.18 Å². The molecule has 0 saturated carbocycles. The average Bonchev–Trinajstić information content (AvgIpc) is 2.51. The molecule has 0 bridgehead atoms. The van der Waals surface area contributed by atoms with Crippen LogP contribution in [0.3, 0.4) is 0 Å². The second kappa shape index (κ2) is 8.50. The standard InChI is InChI=1S/C16H13F6NO2.ClH/c17-15(18,19)12-4-2-1-3-11(12)10-5-6-13(24-8-7-23)14(9-10)25-16(20,21)22;/h1-6,9H,7-8,23H2;1H. The molecule has 0 saturated heterocycles. The Hall–Kier alpha value is -2.13. The van der Waals surface area contributed by atoms with E-state index in [4.69, 9.17) is 10.5 Å². The molecule has 10 heteroatoms. The number of nitrogens with two attached hydrogens (primary N) is 1. The predicted molar refractivity (Wildman–Crippen MR) is 85.4 cm³/mol. The fourth-order valence-corrected chi connectivity index (χ4v) is 2.15. The van der Waals surface area contributed by atoms with Crippen molar-refractivity contribution in [2.75, 3.05) is 13.2 Å². The summed E-state index contributed by atoms with van der Waals surface area (Å²) in [5.74, 6) is -1.01. The predicted octanol–water partition coefficient (Wildman–Crippen LogP) is 5.03. The molecule has 0 aliphatic rings. The van der Waals surface area contributed by atoms with Crippen molar-refractivity contribution < 1.29 is 35.8 Å². The first-order chi connectivity index (χ1) is 11.6. The molecule has 0 radical (unpaired) electrons. The van der Waals surface area contributed by atoms with Crippen molar-refractivity contribution in [2.45, 2.75) is 12.5 Å². The normalized spacial score (nSPS) is 11.7. The number of hydrogen-bond acceptors (Lipinski definition) is 3. The lowest BCUT2D eigenvalue weighted by Crippen LogP contribution is -2.18. The van der Waals surface area contributed by atoms with Crippen LogP contribution in [0, 0.1) is 0 Å². The molecule has 26 heavy (non-hydrogen) atoms. The third-order valence-electron chi connectivity index (χ3n) is 3.09. The smallest absolute Gasteiger partial charge is 0.488 e. The molecule has 2 aromatic carbocycles. The number of hydrogen-bond donors (Lipinski definition) is 1. The van der Waals surface area contributed by atoms with Crippen LogP contribution in [0.25, 0.3) is 11.1 Å². The second-order valence-corrected chi connectivity index (χ2v) is 4.89. The van der Waals surface area contributed by atoms with Crippen molar-refractivity contribution in [2.24, 2.45) is 5.73 Å². The van der Waals surface area contributed by atoms with Gasteiger partial charge in [-0.1, -0.05) is 24.3 Å². The Labute approximate surface area is 151 Å². The molecule has 0 spiro atoms. The molecule has 0 aliphatic carbocycles. The van der Waals surface area contributed by atoms with E-state index in [1.165, 1.54) is 18.2 Å². The van der Waals surface area contributed by atoms with Crippen LogP contribution in [0.15, 0.2) is 42.5 Å². The van der Waals surface area contributed by atoms with Crippen LogP contribution < -0.4 is 15.2 Å². The Morgan fingerprint density at radius 2 is 1.54 bits per heavy atom. The molecule has 2 N–H and O–H groups in total. The van der Waals surface area contributed by atoms with Gasteiger partial charge in [-0.25, -0.2) is 0 Å². The fourth-order valence-electron chi connectivity index (χ4n) is 2.15. The van der Waals surface area contributed by atoms with Gasteiger partial charge in [0.2, 0.25) is 0 Å². The van der Waals surface area contributed by atoms with Gasteiger partial charge in [-0.15, -0.1) is 25.6 Å². The van der Waals surface area contributed by atoms with Gasteiger partial charge >= 0.3 is 12.5 Å². The minimum Gasteiger partial charge on any atom is -0.488 e. The van der Waals surface area contributed by atoms with Crippen molar-refractivity contribution in [1.29, 1.82) is 0 Å². The zero-order valence-corrected chi connectivity index (χ0v) is 13.8. The summed E-state index contributed by atoms with van der Waals surface area (Å²) < 4.78 is 85.9. The molecular weight excluding hydrogens is 388 g/mol. The van der Waals surface area contributed by atoms with Gasteiger partial charge < -0.3 is 15.2 Å². The molecule has 0 amide bonds. The maximum Gasteiger partial charge on any atom is 0.573 e. The lowest BCUT2D eigenvalue weighted by Gasteiger charge is -2.17. The van der Waals surface area contributed by atoms with E-state index in [0.29, 0.717) is 0 Å². The molecule has 0 unspecified atom stereocenters. The summed E-state index contributed by atoms with van der Waals surface area (Å²) >= 11 is 0. The summed E-state index contributed by atoms with van der Waals surface area (Å²) in [5.41, 5.74) is 3.90. The fraction of sp³-hybridized carbons (Fsp3) is 0.250. The molecular formula is C16H14ClF6NO2. The van der Waals surface area contributed by atoms with E-state index in [1.807, 2.05) is 0 Å². The van der Waals surface area contributed by atoms with Gasteiger partial charge in [-0.3, -0.25) is 0 Å². The maximum absolute atomic E-state index is 13.1. The van der Waals surface area contributed by atoms with E-state index in [9.17, 15) is 26.3 Å². The number of rotatable bonds is 5. The molecule has 0 fully saturated rings.